The van der Waals surface area contributed by atoms with Crippen LogP contribution < -0.4 is 16.2 Å². The molecular weight excluding hydrogens is 414 g/mol. The Hall–Kier alpha value is -3.63. The smallest absolute Gasteiger partial charge is 0.270 e. The van der Waals surface area contributed by atoms with Gasteiger partial charge in [-0.15, -0.1) is 0 Å². The fraction of sp³-hybridized carbons (Fsp3) is 0.346. The highest BCUT2D eigenvalue weighted by Crippen LogP contribution is 2.50. The van der Waals surface area contributed by atoms with Crippen molar-refractivity contribution >= 4 is 5.95 Å². The molecule has 7 heteroatoms. The van der Waals surface area contributed by atoms with Gasteiger partial charge < -0.3 is 15.7 Å². The molecule has 0 saturated carbocycles. The molecule has 0 amide bonds. The number of anilines is 1. The van der Waals surface area contributed by atoms with Crippen molar-refractivity contribution in [2.45, 2.75) is 31.7 Å². The number of rotatable bonds is 2. The second kappa shape index (κ2) is 8.38. The van der Waals surface area contributed by atoms with E-state index in [2.05, 4.69) is 32.8 Å². The molecule has 3 heterocycles. The van der Waals surface area contributed by atoms with Crippen LogP contribution in [0.15, 0.2) is 53.6 Å². The summed E-state index contributed by atoms with van der Waals surface area (Å²) in [5.74, 6) is 6.82. The number of pyridine rings is 1. The van der Waals surface area contributed by atoms with E-state index in [-0.39, 0.29) is 22.8 Å². The predicted molar refractivity (Wildman–Crippen MR) is 127 cm³/mol. The van der Waals surface area contributed by atoms with Gasteiger partial charge in [0.1, 0.15) is 11.3 Å². The molecule has 1 aliphatic heterocycles. The molecule has 7 nitrogen and oxygen atoms in total. The van der Waals surface area contributed by atoms with Crippen molar-refractivity contribution in [1.29, 1.82) is 0 Å². The zero-order valence-corrected chi connectivity index (χ0v) is 18.7. The van der Waals surface area contributed by atoms with E-state index < -0.39 is 0 Å². The van der Waals surface area contributed by atoms with Gasteiger partial charge in [-0.2, -0.15) is 0 Å². The molecule has 2 aromatic heterocycles. The lowest BCUT2D eigenvalue weighted by atomic mass is 9.73. The molecule has 3 aromatic rings. The van der Waals surface area contributed by atoms with Crippen LogP contribution in [-0.2, 0) is 19.9 Å². The molecule has 1 spiro atoms. The van der Waals surface area contributed by atoms with Gasteiger partial charge in [-0.3, -0.25) is 14.3 Å². The van der Waals surface area contributed by atoms with Crippen LogP contribution in [0, 0.1) is 17.3 Å². The Kier molecular flexibility index (Phi) is 5.39. The summed E-state index contributed by atoms with van der Waals surface area (Å²) in [5.41, 5.74) is 10.1. The van der Waals surface area contributed by atoms with Crippen molar-refractivity contribution in [3.63, 3.8) is 0 Å². The van der Waals surface area contributed by atoms with Crippen LogP contribution in [0.25, 0.3) is 0 Å². The van der Waals surface area contributed by atoms with E-state index in [1.807, 2.05) is 18.3 Å². The fourth-order valence-electron chi connectivity index (χ4n) is 5.12. The minimum atomic E-state index is -0.155. The number of fused-ring (bicyclic) bond motifs is 1. The van der Waals surface area contributed by atoms with Crippen molar-refractivity contribution in [1.82, 2.24) is 14.5 Å². The van der Waals surface area contributed by atoms with Crippen molar-refractivity contribution in [2.75, 3.05) is 18.0 Å². The van der Waals surface area contributed by atoms with E-state index in [0.717, 1.165) is 43.6 Å². The van der Waals surface area contributed by atoms with Crippen molar-refractivity contribution < 1.29 is 5.11 Å². The summed E-state index contributed by atoms with van der Waals surface area (Å²) in [5, 5.41) is 9.57. The molecule has 1 aliphatic carbocycles. The average molecular weight is 442 g/mol. The summed E-state index contributed by atoms with van der Waals surface area (Å²) in [6.45, 7) is 1.59. The lowest BCUT2D eigenvalue weighted by Gasteiger charge is -2.42. The number of piperidine rings is 1. The minimum Gasteiger partial charge on any atom is -0.508 e. The van der Waals surface area contributed by atoms with Crippen molar-refractivity contribution in [3.8, 4) is 17.6 Å². The zero-order chi connectivity index (χ0) is 23.0. The largest absolute Gasteiger partial charge is 0.508 e. The number of aromatic nitrogens is 3. The summed E-state index contributed by atoms with van der Waals surface area (Å²) in [4.78, 5) is 24.2. The predicted octanol–water partition coefficient (Wildman–Crippen LogP) is 2.32. The minimum absolute atomic E-state index is 0.00399. The van der Waals surface area contributed by atoms with E-state index in [4.69, 9.17) is 5.73 Å². The highest BCUT2D eigenvalue weighted by Gasteiger charge is 2.46. The van der Waals surface area contributed by atoms with Gasteiger partial charge >= 0.3 is 0 Å². The Bertz CT molecular complexity index is 1310. The maximum Gasteiger partial charge on any atom is 0.270 e. The Morgan fingerprint density at radius 2 is 2.03 bits per heavy atom. The third-order valence-corrected chi connectivity index (χ3v) is 7.05. The van der Waals surface area contributed by atoms with Crippen molar-refractivity contribution in [3.05, 3.63) is 81.5 Å². The van der Waals surface area contributed by atoms with Gasteiger partial charge in [0.05, 0.1) is 6.20 Å². The number of nitrogens with zero attached hydrogens (tertiary/aromatic N) is 4. The van der Waals surface area contributed by atoms with Gasteiger partial charge in [0.2, 0.25) is 5.95 Å². The average Bonchev–Trinajstić information content (AvgIpc) is 3.09. The van der Waals surface area contributed by atoms with Gasteiger partial charge in [-0.1, -0.05) is 30.0 Å². The van der Waals surface area contributed by atoms with Crippen LogP contribution in [0.4, 0.5) is 5.95 Å². The van der Waals surface area contributed by atoms with Gasteiger partial charge in [-0.05, 0) is 54.0 Å². The van der Waals surface area contributed by atoms with Crippen LogP contribution in [0.3, 0.4) is 0 Å². The molecule has 168 valence electrons. The molecule has 0 unspecified atom stereocenters. The first kappa shape index (κ1) is 21.2. The molecule has 1 fully saturated rings. The monoisotopic (exact) mass is 441 g/mol. The molecule has 33 heavy (non-hydrogen) atoms. The van der Waals surface area contributed by atoms with Crippen LogP contribution in [0.2, 0.25) is 0 Å². The Balaban J connectivity index is 1.29. The molecule has 3 N–H and O–H groups in total. The Morgan fingerprint density at radius 3 is 2.79 bits per heavy atom. The molecule has 5 rings (SSSR count). The molecule has 1 aromatic carbocycles. The number of nitrogens with two attached hydrogens (primary N) is 1. The molecule has 0 radical (unpaired) electrons. The lowest BCUT2D eigenvalue weighted by molar-refractivity contribution is 0.186. The van der Waals surface area contributed by atoms with Gasteiger partial charge in [0.25, 0.3) is 5.56 Å². The van der Waals surface area contributed by atoms with E-state index in [1.54, 1.807) is 36.0 Å². The third-order valence-electron chi connectivity index (χ3n) is 7.05. The third kappa shape index (κ3) is 3.87. The van der Waals surface area contributed by atoms with Gasteiger partial charge in [0, 0.05) is 44.5 Å². The van der Waals surface area contributed by atoms with E-state index in [1.165, 1.54) is 5.56 Å². The second-order valence-electron chi connectivity index (χ2n) is 9.03. The van der Waals surface area contributed by atoms with E-state index >= 15 is 0 Å². The Morgan fingerprint density at radius 1 is 1.21 bits per heavy atom. The van der Waals surface area contributed by atoms with Gasteiger partial charge in [-0.25, -0.2) is 4.98 Å². The first-order chi connectivity index (χ1) is 16.0. The molecule has 1 atom stereocenters. The highest BCUT2D eigenvalue weighted by atomic mass is 16.3. The summed E-state index contributed by atoms with van der Waals surface area (Å²) in [6, 6.07) is 11.0. The summed E-state index contributed by atoms with van der Waals surface area (Å²) in [7, 11) is 1.75. The summed E-state index contributed by atoms with van der Waals surface area (Å²) in [6.07, 6.45) is 6.65. The first-order valence-corrected chi connectivity index (χ1v) is 11.2. The molecular formula is C26H27N5O2. The van der Waals surface area contributed by atoms with Gasteiger partial charge in [0.15, 0.2) is 0 Å². The highest BCUT2D eigenvalue weighted by molar-refractivity contribution is 5.40. The maximum absolute atomic E-state index is 12.9. The fourth-order valence-corrected chi connectivity index (χ4v) is 5.12. The number of hydrogen-bond acceptors (Lipinski definition) is 6. The van der Waals surface area contributed by atoms with Crippen LogP contribution in [0.1, 0.15) is 41.3 Å². The van der Waals surface area contributed by atoms with E-state index in [0.29, 0.717) is 17.9 Å². The van der Waals surface area contributed by atoms with E-state index in [9.17, 15) is 9.90 Å². The summed E-state index contributed by atoms with van der Waals surface area (Å²) >= 11 is 0. The standard InChI is InChI=1S/C26H27N5O2/c1-30-24(33)19(7-2-5-18-6-3-8-20(32)15-18)17-29-25(30)31-13-10-26(11-14-31)16-22-21(23(26)27)9-4-12-28-22/h3-4,6,8-9,12,15,17,23,32H,5,10-11,13-14,16,27H2,1H3/t23-/m1/s1. The number of phenolic OH excluding ortho intramolecular Hbond substituents is 1. The SMILES string of the molecule is Cn1c(N2CCC3(CC2)Cc2ncccc2[C@H]3N)ncc(C#CCc2cccc(O)c2)c1=O. The maximum atomic E-state index is 12.9. The van der Waals surface area contributed by atoms with Crippen LogP contribution in [-0.4, -0.2) is 32.7 Å². The van der Waals surface area contributed by atoms with Crippen LogP contribution >= 0.6 is 0 Å². The van der Waals surface area contributed by atoms with Crippen molar-refractivity contribution in [2.24, 2.45) is 18.2 Å². The Labute approximate surface area is 192 Å². The number of phenols is 1. The molecule has 1 saturated heterocycles. The normalized spacial score (nSPS) is 18.6. The summed E-state index contributed by atoms with van der Waals surface area (Å²) < 4.78 is 1.58. The quantitative estimate of drug-likeness (QED) is 0.593. The second-order valence-corrected chi connectivity index (χ2v) is 9.03. The molecule has 2 aliphatic rings. The zero-order valence-electron chi connectivity index (χ0n) is 18.7. The van der Waals surface area contributed by atoms with Crippen LogP contribution in [0.5, 0.6) is 5.75 Å². The lowest BCUT2D eigenvalue weighted by Crippen LogP contribution is -2.46. The number of hydrogen-bond donors (Lipinski definition) is 2. The number of benzene rings is 1. The topological polar surface area (TPSA) is 97.3 Å². The first-order valence-electron chi connectivity index (χ1n) is 11.2. The molecule has 0 bridgehead atoms. The number of aromatic hydroxyl groups is 1.